The van der Waals surface area contributed by atoms with Gasteiger partial charge in [0.05, 0.1) is 5.92 Å². The Morgan fingerprint density at radius 3 is 2.72 bits per heavy atom. The summed E-state index contributed by atoms with van der Waals surface area (Å²) in [5, 5.41) is 2.72. The zero-order valence-corrected chi connectivity index (χ0v) is 11.1. The van der Waals surface area contributed by atoms with E-state index in [1.54, 1.807) is 0 Å². The molecule has 3 N–H and O–H groups in total. The second-order valence-electron chi connectivity index (χ2n) is 5.61. The van der Waals surface area contributed by atoms with Gasteiger partial charge in [0.25, 0.3) is 0 Å². The van der Waals surface area contributed by atoms with Gasteiger partial charge in [0.1, 0.15) is 0 Å². The van der Waals surface area contributed by atoms with Gasteiger partial charge >= 0.3 is 0 Å². The first-order valence-corrected chi connectivity index (χ1v) is 6.46. The molecule has 0 radical (unpaired) electrons. The van der Waals surface area contributed by atoms with Crippen LogP contribution in [0.3, 0.4) is 0 Å². The fourth-order valence-corrected chi connectivity index (χ4v) is 3.53. The Balaban J connectivity index is 0.00000120. The first-order chi connectivity index (χ1) is 8.15. The number of halogens is 1. The van der Waals surface area contributed by atoms with E-state index in [2.05, 4.69) is 5.32 Å². The average Bonchev–Trinajstić information content (AvgIpc) is 2.96. The summed E-state index contributed by atoms with van der Waals surface area (Å²) in [7, 11) is 0. The molecule has 0 aromatic heterocycles. The summed E-state index contributed by atoms with van der Waals surface area (Å²) in [5.41, 5.74) is 6.05. The lowest BCUT2D eigenvalue weighted by Gasteiger charge is -2.21. The van der Waals surface area contributed by atoms with Crippen LogP contribution in [-0.2, 0) is 9.59 Å². The molecule has 102 valence electrons. The zero-order chi connectivity index (χ0) is 12.0. The molecule has 0 bridgehead atoms. The normalized spacial score (nSPS) is 38.3. The zero-order valence-electron chi connectivity index (χ0n) is 10.3. The largest absolute Gasteiger partial charge is 0.355 e. The van der Waals surface area contributed by atoms with E-state index in [-0.39, 0.29) is 36.2 Å². The van der Waals surface area contributed by atoms with Crippen LogP contribution >= 0.6 is 12.4 Å². The minimum absolute atomic E-state index is 0. The molecule has 1 aliphatic carbocycles. The van der Waals surface area contributed by atoms with E-state index in [1.807, 2.05) is 4.90 Å². The van der Waals surface area contributed by atoms with Crippen LogP contribution in [-0.4, -0.2) is 42.4 Å². The van der Waals surface area contributed by atoms with Crippen LogP contribution in [0.25, 0.3) is 0 Å². The third-order valence-electron chi connectivity index (χ3n) is 4.55. The van der Waals surface area contributed by atoms with Crippen molar-refractivity contribution in [2.75, 3.05) is 19.6 Å². The third kappa shape index (κ3) is 2.21. The number of carbonyl (C=O) groups excluding carboxylic acids is 2. The molecule has 2 amide bonds. The molecule has 18 heavy (non-hydrogen) atoms. The van der Waals surface area contributed by atoms with E-state index in [0.717, 1.165) is 25.9 Å². The predicted molar refractivity (Wildman–Crippen MR) is 69.1 cm³/mol. The standard InChI is InChI=1S/C12H19N3O2.ClH/c13-10-2-1-7-5-15(6-9(7)10)12(17)8-3-11(16)14-4-8;/h7-10H,1-6,13H2,(H,14,16);1H. The van der Waals surface area contributed by atoms with Crippen molar-refractivity contribution in [3.05, 3.63) is 0 Å². The monoisotopic (exact) mass is 273 g/mol. The van der Waals surface area contributed by atoms with Gasteiger partial charge in [-0.2, -0.15) is 0 Å². The number of hydrogen-bond donors (Lipinski definition) is 2. The molecule has 2 heterocycles. The molecule has 0 aromatic carbocycles. The van der Waals surface area contributed by atoms with Crippen LogP contribution in [0.2, 0.25) is 0 Å². The van der Waals surface area contributed by atoms with Crippen LogP contribution in [0.15, 0.2) is 0 Å². The number of nitrogens with two attached hydrogens (primary N) is 1. The third-order valence-corrected chi connectivity index (χ3v) is 4.55. The van der Waals surface area contributed by atoms with Crippen LogP contribution in [0.4, 0.5) is 0 Å². The summed E-state index contributed by atoms with van der Waals surface area (Å²) in [5.74, 6) is 1.09. The fraction of sp³-hybridized carbons (Fsp3) is 0.833. The first kappa shape index (κ1) is 13.6. The summed E-state index contributed by atoms with van der Waals surface area (Å²) >= 11 is 0. The molecule has 5 nitrogen and oxygen atoms in total. The van der Waals surface area contributed by atoms with Crippen LogP contribution in [0, 0.1) is 17.8 Å². The summed E-state index contributed by atoms with van der Waals surface area (Å²) in [6, 6.07) is 0.265. The number of nitrogens with one attached hydrogen (secondary N) is 1. The maximum absolute atomic E-state index is 12.2. The molecule has 1 saturated carbocycles. The summed E-state index contributed by atoms with van der Waals surface area (Å²) in [4.78, 5) is 25.3. The number of fused-ring (bicyclic) bond motifs is 1. The van der Waals surface area contributed by atoms with Gasteiger partial charge in [-0.3, -0.25) is 9.59 Å². The van der Waals surface area contributed by atoms with E-state index in [1.165, 1.54) is 0 Å². The Labute approximate surface area is 113 Å². The van der Waals surface area contributed by atoms with Crippen LogP contribution in [0.5, 0.6) is 0 Å². The lowest BCUT2D eigenvalue weighted by molar-refractivity contribution is -0.135. The lowest BCUT2D eigenvalue weighted by Crippen LogP contribution is -2.37. The number of nitrogens with zero attached hydrogens (tertiary/aromatic N) is 1. The SMILES string of the molecule is Cl.NC1CCC2CN(C(=O)C3CNC(=O)C3)CC12. The van der Waals surface area contributed by atoms with Crippen molar-refractivity contribution in [2.45, 2.75) is 25.3 Å². The Morgan fingerprint density at radius 2 is 2.11 bits per heavy atom. The summed E-state index contributed by atoms with van der Waals surface area (Å²) < 4.78 is 0. The number of likely N-dealkylation sites (tertiary alicyclic amines) is 1. The highest BCUT2D eigenvalue weighted by Gasteiger charge is 2.44. The minimum atomic E-state index is -0.141. The van der Waals surface area contributed by atoms with Crippen molar-refractivity contribution < 1.29 is 9.59 Å². The van der Waals surface area contributed by atoms with Crippen LogP contribution < -0.4 is 11.1 Å². The number of carbonyl (C=O) groups is 2. The highest BCUT2D eigenvalue weighted by Crippen LogP contribution is 2.37. The Morgan fingerprint density at radius 1 is 1.33 bits per heavy atom. The molecule has 4 atom stereocenters. The van der Waals surface area contributed by atoms with Crippen molar-refractivity contribution in [2.24, 2.45) is 23.5 Å². The number of amides is 2. The van der Waals surface area contributed by atoms with Gasteiger partial charge in [-0.15, -0.1) is 12.4 Å². The maximum Gasteiger partial charge on any atom is 0.228 e. The number of rotatable bonds is 1. The highest BCUT2D eigenvalue weighted by molar-refractivity contribution is 5.89. The van der Waals surface area contributed by atoms with Gasteiger partial charge in [-0.05, 0) is 24.7 Å². The fourth-order valence-electron chi connectivity index (χ4n) is 3.53. The van der Waals surface area contributed by atoms with Crippen molar-refractivity contribution in [1.29, 1.82) is 0 Å². The molecule has 2 aliphatic heterocycles. The molecule has 3 rings (SSSR count). The topological polar surface area (TPSA) is 75.4 Å². The van der Waals surface area contributed by atoms with Gasteiger partial charge in [0.2, 0.25) is 11.8 Å². The van der Waals surface area contributed by atoms with Gasteiger partial charge in [0, 0.05) is 32.1 Å². The van der Waals surface area contributed by atoms with Gasteiger partial charge in [-0.1, -0.05) is 0 Å². The second kappa shape index (κ2) is 5.05. The van der Waals surface area contributed by atoms with Crippen molar-refractivity contribution in [3.63, 3.8) is 0 Å². The predicted octanol–water partition coefficient (Wildman–Crippen LogP) is -0.260. The Kier molecular flexibility index (Phi) is 3.82. The summed E-state index contributed by atoms with van der Waals surface area (Å²) in [6.07, 6.45) is 2.61. The van der Waals surface area contributed by atoms with E-state index in [4.69, 9.17) is 5.73 Å². The molecule has 4 unspecified atom stereocenters. The van der Waals surface area contributed by atoms with E-state index < -0.39 is 0 Å². The highest BCUT2D eigenvalue weighted by atomic mass is 35.5. The molecular weight excluding hydrogens is 254 g/mol. The number of hydrogen-bond acceptors (Lipinski definition) is 3. The smallest absolute Gasteiger partial charge is 0.228 e. The molecule has 3 fully saturated rings. The summed E-state index contributed by atoms with van der Waals surface area (Å²) in [6.45, 7) is 2.16. The van der Waals surface area contributed by atoms with Crippen molar-refractivity contribution in [1.82, 2.24) is 10.2 Å². The quantitative estimate of drug-likeness (QED) is 0.691. The Hall–Kier alpha value is -0.810. The van der Waals surface area contributed by atoms with Crippen molar-refractivity contribution in [3.8, 4) is 0 Å². The molecule has 0 spiro atoms. The average molecular weight is 274 g/mol. The second-order valence-corrected chi connectivity index (χ2v) is 5.61. The molecular formula is C12H20ClN3O2. The molecule has 2 saturated heterocycles. The molecule has 6 heteroatoms. The van der Waals surface area contributed by atoms with E-state index in [9.17, 15) is 9.59 Å². The minimum Gasteiger partial charge on any atom is -0.355 e. The van der Waals surface area contributed by atoms with Gasteiger partial charge in [0.15, 0.2) is 0 Å². The van der Waals surface area contributed by atoms with Crippen molar-refractivity contribution >= 4 is 24.2 Å². The lowest BCUT2D eigenvalue weighted by atomic mass is 9.98. The first-order valence-electron chi connectivity index (χ1n) is 6.46. The van der Waals surface area contributed by atoms with Crippen LogP contribution in [0.1, 0.15) is 19.3 Å². The van der Waals surface area contributed by atoms with Gasteiger partial charge in [-0.25, -0.2) is 0 Å². The molecule has 3 aliphatic rings. The Bertz CT molecular complexity index is 363. The molecule has 0 aromatic rings. The maximum atomic E-state index is 12.2. The van der Waals surface area contributed by atoms with E-state index in [0.29, 0.717) is 24.8 Å². The van der Waals surface area contributed by atoms with E-state index >= 15 is 0 Å². The van der Waals surface area contributed by atoms with Gasteiger partial charge < -0.3 is 16.0 Å².